The fraction of sp³-hybridized carbons (Fsp3) is 0.625. The van der Waals surface area contributed by atoms with Crippen molar-refractivity contribution in [2.45, 2.75) is 57.9 Å². The molecule has 0 aliphatic rings. The van der Waals surface area contributed by atoms with Crippen molar-refractivity contribution in [1.82, 2.24) is 0 Å². The maximum Gasteiger partial charge on any atom is 0.0626 e. The van der Waals surface area contributed by atoms with Crippen molar-refractivity contribution in [3.05, 3.63) is 45.8 Å². The second kappa shape index (κ2) is 10.3. The van der Waals surface area contributed by atoms with E-state index < -0.39 is 0 Å². The first kappa shape index (κ1) is 16.5. The van der Waals surface area contributed by atoms with Crippen LogP contribution < -0.4 is 0 Å². The van der Waals surface area contributed by atoms with E-state index in [-0.39, 0.29) is 12.6 Å². The molecule has 1 unspecified atom stereocenters. The number of aryl methyl sites for hydroxylation is 1. The Bertz CT molecular complexity index is 410. The summed E-state index contributed by atoms with van der Waals surface area (Å²) in [6.07, 6.45) is 7.55. The Hall–Kier alpha value is -1.51. The topological polar surface area (TPSA) is 69.0 Å². The predicted molar refractivity (Wildman–Crippen MR) is 82.5 cm³/mol. The molecule has 110 valence electrons. The molecule has 0 saturated carbocycles. The van der Waals surface area contributed by atoms with Crippen LogP contribution in [0.25, 0.3) is 10.4 Å². The normalized spacial score (nSPS) is 11.9. The molecule has 1 atom stereocenters. The van der Waals surface area contributed by atoms with Crippen molar-refractivity contribution in [3.8, 4) is 0 Å². The van der Waals surface area contributed by atoms with Gasteiger partial charge in [-0.25, -0.2) is 0 Å². The largest absolute Gasteiger partial charge is 0.396 e. The minimum absolute atomic E-state index is 0.132. The maximum atomic E-state index is 8.88. The van der Waals surface area contributed by atoms with E-state index in [1.54, 1.807) is 0 Å². The van der Waals surface area contributed by atoms with E-state index in [2.05, 4.69) is 29.1 Å². The van der Waals surface area contributed by atoms with Gasteiger partial charge in [-0.05, 0) is 42.3 Å². The average molecular weight is 275 g/mol. The van der Waals surface area contributed by atoms with E-state index in [9.17, 15) is 0 Å². The summed E-state index contributed by atoms with van der Waals surface area (Å²) in [5.41, 5.74) is 11.0. The van der Waals surface area contributed by atoms with Gasteiger partial charge in [0.15, 0.2) is 0 Å². The minimum atomic E-state index is -0.165. The lowest BCUT2D eigenvalue weighted by atomic mass is 9.99. The first-order chi connectivity index (χ1) is 9.81. The van der Waals surface area contributed by atoms with Crippen molar-refractivity contribution < 1.29 is 5.11 Å². The van der Waals surface area contributed by atoms with E-state index in [0.717, 1.165) is 12.0 Å². The van der Waals surface area contributed by atoms with Gasteiger partial charge in [0.2, 0.25) is 0 Å². The summed E-state index contributed by atoms with van der Waals surface area (Å²) in [6.45, 7) is 2.35. The summed E-state index contributed by atoms with van der Waals surface area (Å²) < 4.78 is 0. The fourth-order valence-corrected chi connectivity index (χ4v) is 2.30. The van der Waals surface area contributed by atoms with Gasteiger partial charge in [-0.3, -0.25) is 0 Å². The van der Waals surface area contributed by atoms with Gasteiger partial charge in [0.25, 0.3) is 0 Å². The highest BCUT2D eigenvalue weighted by atomic mass is 16.2. The average Bonchev–Trinajstić information content (AvgIpc) is 2.49. The molecule has 0 bridgehead atoms. The number of nitrogens with zero attached hydrogens (tertiary/aromatic N) is 3. The molecule has 0 spiro atoms. The number of aliphatic hydroxyl groups excluding tert-OH is 1. The van der Waals surface area contributed by atoms with E-state index >= 15 is 0 Å². The van der Waals surface area contributed by atoms with Crippen LogP contribution in [0.15, 0.2) is 29.4 Å². The number of benzene rings is 1. The van der Waals surface area contributed by atoms with Crippen LogP contribution in [0, 0.1) is 0 Å². The predicted octanol–water partition coefficient (Wildman–Crippen LogP) is 4.93. The van der Waals surface area contributed by atoms with E-state index in [0.29, 0.717) is 12.8 Å². The monoisotopic (exact) mass is 275 g/mol. The lowest BCUT2D eigenvalue weighted by Gasteiger charge is -2.11. The van der Waals surface area contributed by atoms with Crippen LogP contribution in [0.1, 0.15) is 62.6 Å². The van der Waals surface area contributed by atoms with Crippen molar-refractivity contribution in [1.29, 1.82) is 0 Å². The number of rotatable bonds is 10. The van der Waals surface area contributed by atoms with Gasteiger partial charge in [-0.15, -0.1) is 0 Å². The lowest BCUT2D eigenvalue weighted by molar-refractivity contribution is 0.280. The number of hydrogen-bond acceptors (Lipinski definition) is 2. The van der Waals surface area contributed by atoms with Gasteiger partial charge in [-0.2, -0.15) is 0 Å². The summed E-state index contributed by atoms with van der Waals surface area (Å²) in [4.78, 5) is 2.90. The third kappa shape index (κ3) is 6.09. The molecule has 0 fully saturated rings. The molecule has 20 heavy (non-hydrogen) atoms. The zero-order chi connectivity index (χ0) is 14.6. The van der Waals surface area contributed by atoms with Crippen LogP contribution in [0.4, 0.5) is 0 Å². The highest BCUT2D eigenvalue weighted by molar-refractivity contribution is 5.25. The van der Waals surface area contributed by atoms with Crippen molar-refractivity contribution in [2.75, 3.05) is 6.61 Å². The first-order valence-corrected chi connectivity index (χ1v) is 7.55. The van der Waals surface area contributed by atoms with Gasteiger partial charge in [0, 0.05) is 11.5 Å². The maximum absolute atomic E-state index is 8.88. The molecule has 0 aromatic heterocycles. The van der Waals surface area contributed by atoms with Crippen molar-refractivity contribution >= 4 is 0 Å². The van der Waals surface area contributed by atoms with Crippen LogP contribution in [0.5, 0.6) is 0 Å². The Morgan fingerprint density at radius 2 is 1.90 bits per heavy atom. The van der Waals surface area contributed by atoms with E-state index in [4.69, 9.17) is 10.6 Å². The minimum Gasteiger partial charge on any atom is -0.396 e. The third-order valence-corrected chi connectivity index (χ3v) is 3.51. The van der Waals surface area contributed by atoms with Crippen LogP contribution in [-0.2, 0) is 6.42 Å². The number of azide groups is 1. The third-order valence-electron chi connectivity index (χ3n) is 3.51. The SMILES string of the molecule is CCCCCCc1ccc(C(CCCO)N=[N+]=[N-])cc1. The molecular weight excluding hydrogens is 250 g/mol. The van der Waals surface area contributed by atoms with Crippen LogP contribution in [0.3, 0.4) is 0 Å². The Morgan fingerprint density at radius 3 is 2.50 bits per heavy atom. The molecule has 0 amide bonds. The van der Waals surface area contributed by atoms with Gasteiger partial charge < -0.3 is 5.11 Å². The van der Waals surface area contributed by atoms with Gasteiger partial charge in [0.05, 0.1) is 6.04 Å². The Kier molecular flexibility index (Phi) is 8.52. The summed E-state index contributed by atoms with van der Waals surface area (Å²) in [6, 6.07) is 8.18. The Morgan fingerprint density at radius 1 is 1.15 bits per heavy atom. The van der Waals surface area contributed by atoms with Gasteiger partial charge in [0.1, 0.15) is 0 Å². The summed E-state index contributed by atoms with van der Waals surface area (Å²) >= 11 is 0. The second-order valence-electron chi connectivity index (χ2n) is 5.14. The molecule has 1 aromatic carbocycles. The molecule has 4 heteroatoms. The quantitative estimate of drug-likeness (QED) is 0.279. The molecular formula is C16H25N3O. The second-order valence-corrected chi connectivity index (χ2v) is 5.14. The van der Waals surface area contributed by atoms with Crippen LogP contribution in [-0.4, -0.2) is 11.7 Å². The van der Waals surface area contributed by atoms with Crippen molar-refractivity contribution in [3.63, 3.8) is 0 Å². The molecule has 0 aliphatic carbocycles. The molecule has 1 aromatic rings. The molecule has 4 nitrogen and oxygen atoms in total. The summed E-state index contributed by atoms with van der Waals surface area (Å²) in [7, 11) is 0. The van der Waals surface area contributed by atoms with E-state index in [1.165, 1.54) is 31.2 Å². The molecule has 0 aliphatic heterocycles. The Balaban J connectivity index is 2.56. The molecule has 0 saturated heterocycles. The standard InChI is InChI=1S/C16H25N3O/c1-2-3-4-5-7-14-9-11-15(12-10-14)16(18-19-17)8-6-13-20/h9-12,16,20H,2-8,13H2,1H3. The highest BCUT2D eigenvalue weighted by Gasteiger charge is 2.08. The van der Waals surface area contributed by atoms with Crippen LogP contribution in [0.2, 0.25) is 0 Å². The lowest BCUT2D eigenvalue weighted by Crippen LogP contribution is -1.97. The molecule has 1 rings (SSSR count). The smallest absolute Gasteiger partial charge is 0.0626 e. The van der Waals surface area contributed by atoms with Crippen LogP contribution >= 0.6 is 0 Å². The highest BCUT2D eigenvalue weighted by Crippen LogP contribution is 2.23. The first-order valence-electron chi connectivity index (χ1n) is 7.55. The van der Waals surface area contributed by atoms with Gasteiger partial charge >= 0.3 is 0 Å². The zero-order valence-electron chi connectivity index (χ0n) is 12.3. The van der Waals surface area contributed by atoms with Crippen molar-refractivity contribution in [2.24, 2.45) is 5.11 Å². The van der Waals surface area contributed by atoms with Gasteiger partial charge in [-0.1, -0.05) is 55.6 Å². The summed E-state index contributed by atoms with van der Waals surface area (Å²) in [5, 5.41) is 12.7. The van der Waals surface area contributed by atoms with E-state index in [1.807, 2.05) is 12.1 Å². The molecule has 0 radical (unpaired) electrons. The zero-order valence-corrected chi connectivity index (χ0v) is 12.3. The number of hydrogen-bond donors (Lipinski definition) is 1. The number of aliphatic hydroxyl groups is 1. The molecule has 1 N–H and O–H groups in total. The number of unbranched alkanes of at least 4 members (excludes halogenated alkanes) is 3. The fourth-order valence-electron chi connectivity index (χ4n) is 2.30. The Labute approximate surface area is 121 Å². The molecule has 0 heterocycles. The summed E-state index contributed by atoms with van der Waals surface area (Å²) in [5.74, 6) is 0.